The monoisotopic (exact) mass is 472 g/mol. The van der Waals surface area contributed by atoms with Crippen LogP contribution < -0.4 is 15.5 Å². The lowest BCUT2D eigenvalue weighted by Gasteiger charge is -2.28. The van der Waals surface area contributed by atoms with Crippen molar-refractivity contribution in [3.05, 3.63) is 58.6 Å². The van der Waals surface area contributed by atoms with Crippen molar-refractivity contribution >= 4 is 34.9 Å². The molecule has 0 spiro atoms. The summed E-state index contributed by atoms with van der Waals surface area (Å²) in [6.07, 6.45) is 1.91. The summed E-state index contributed by atoms with van der Waals surface area (Å²) in [7, 11) is 3.91. The topological polar surface area (TPSA) is 73.9 Å². The molecule has 1 atom stereocenters. The van der Waals surface area contributed by atoms with Gasteiger partial charge in [-0.2, -0.15) is 0 Å². The van der Waals surface area contributed by atoms with Gasteiger partial charge in [-0.25, -0.2) is 4.79 Å². The van der Waals surface area contributed by atoms with Gasteiger partial charge in [-0.1, -0.05) is 23.7 Å². The molecule has 0 aliphatic carbocycles. The van der Waals surface area contributed by atoms with Crippen LogP contribution in [0.3, 0.4) is 0 Å². The Hall–Kier alpha value is -2.77. The molecule has 0 aromatic heterocycles. The molecule has 0 bridgehead atoms. The number of halogens is 1. The van der Waals surface area contributed by atoms with Crippen molar-refractivity contribution in [1.29, 1.82) is 0 Å². The van der Waals surface area contributed by atoms with Crippen LogP contribution in [-0.2, 0) is 11.3 Å². The highest BCUT2D eigenvalue weighted by molar-refractivity contribution is 6.33. The third-order valence-corrected chi connectivity index (χ3v) is 5.77. The Morgan fingerprint density at radius 1 is 1.18 bits per heavy atom. The molecule has 0 unspecified atom stereocenters. The largest absolute Gasteiger partial charge is 0.377 e. The first-order valence-corrected chi connectivity index (χ1v) is 11.7. The highest BCUT2D eigenvalue weighted by Gasteiger charge is 2.26. The van der Waals surface area contributed by atoms with E-state index in [1.165, 1.54) is 0 Å². The van der Waals surface area contributed by atoms with Gasteiger partial charge in [0.1, 0.15) is 0 Å². The van der Waals surface area contributed by atoms with Crippen LogP contribution in [0.15, 0.2) is 42.5 Å². The van der Waals surface area contributed by atoms with Gasteiger partial charge in [0.05, 0.1) is 16.7 Å². The van der Waals surface area contributed by atoms with Gasteiger partial charge in [0.2, 0.25) is 0 Å². The number of amides is 3. The number of carbonyl (C=O) groups excluding carboxylic acids is 2. The molecule has 2 N–H and O–H groups in total. The lowest BCUT2D eigenvalue weighted by molar-refractivity contribution is 0.0507. The van der Waals surface area contributed by atoms with Crippen LogP contribution in [0.2, 0.25) is 5.02 Å². The number of ether oxygens (including phenoxy) is 1. The standard InChI is InChI=1S/C25H33ClN4O3/c1-17(2)27-25(32)28-19-11-12-23(29(3)4)18(14-19)15-30(16-20-8-7-13-33-20)24(31)21-9-5-6-10-22(21)26/h5-6,9-12,14,17,20H,7-8,13,15-16H2,1-4H3,(H2,27,28,32)/t20-/m1/s1. The van der Waals surface area contributed by atoms with E-state index in [0.29, 0.717) is 36.0 Å². The molecular weight excluding hydrogens is 440 g/mol. The van der Waals surface area contributed by atoms with E-state index in [2.05, 4.69) is 10.6 Å². The van der Waals surface area contributed by atoms with Crippen LogP contribution in [-0.4, -0.2) is 56.2 Å². The molecule has 3 amide bonds. The Kier molecular flexibility index (Phi) is 8.58. The summed E-state index contributed by atoms with van der Waals surface area (Å²) < 4.78 is 5.83. The SMILES string of the molecule is CC(C)NC(=O)Nc1ccc(N(C)C)c(CN(C[C@H]2CCCO2)C(=O)c2ccccc2Cl)c1. The molecule has 3 rings (SSSR count). The molecule has 1 aliphatic heterocycles. The van der Waals surface area contributed by atoms with E-state index in [1.807, 2.05) is 63.2 Å². The molecule has 8 heteroatoms. The zero-order valence-corrected chi connectivity index (χ0v) is 20.5. The normalized spacial score (nSPS) is 15.4. The van der Waals surface area contributed by atoms with Crippen LogP contribution in [0, 0.1) is 0 Å². The number of benzene rings is 2. The van der Waals surface area contributed by atoms with Gasteiger partial charge in [0.25, 0.3) is 5.91 Å². The number of hydrogen-bond donors (Lipinski definition) is 2. The second-order valence-corrected chi connectivity index (χ2v) is 9.20. The zero-order valence-electron chi connectivity index (χ0n) is 19.7. The van der Waals surface area contributed by atoms with Crippen LogP contribution in [0.25, 0.3) is 0 Å². The van der Waals surface area contributed by atoms with Crippen LogP contribution in [0.1, 0.15) is 42.6 Å². The molecule has 2 aromatic rings. The number of hydrogen-bond acceptors (Lipinski definition) is 4. The van der Waals surface area contributed by atoms with Crippen LogP contribution in [0.4, 0.5) is 16.2 Å². The Balaban J connectivity index is 1.90. The first-order chi connectivity index (χ1) is 15.7. The fourth-order valence-electron chi connectivity index (χ4n) is 3.92. The lowest BCUT2D eigenvalue weighted by Crippen LogP contribution is -2.37. The van der Waals surface area contributed by atoms with Crippen molar-refractivity contribution in [3.63, 3.8) is 0 Å². The summed E-state index contributed by atoms with van der Waals surface area (Å²) in [5.41, 5.74) is 3.01. The number of urea groups is 1. The number of nitrogens with zero attached hydrogens (tertiary/aromatic N) is 2. The molecule has 0 radical (unpaired) electrons. The predicted molar refractivity (Wildman–Crippen MR) is 133 cm³/mol. The van der Waals surface area contributed by atoms with Gasteiger partial charge in [0.15, 0.2) is 0 Å². The van der Waals surface area contributed by atoms with E-state index in [4.69, 9.17) is 16.3 Å². The Morgan fingerprint density at radius 3 is 2.58 bits per heavy atom. The molecule has 0 saturated carbocycles. The molecule has 33 heavy (non-hydrogen) atoms. The van der Waals surface area contributed by atoms with E-state index in [-0.39, 0.29) is 24.1 Å². The minimum absolute atomic E-state index is 0.00243. The lowest BCUT2D eigenvalue weighted by atomic mass is 10.1. The fourth-order valence-corrected chi connectivity index (χ4v) is 4.14. The van der Waals surface area contributed by atoms with Gasteiger partial charge >= 0.3 is 6.03 Å². The minimum atomic E-state index is -0.267. The second-order valence-electron chi connectivity index (χ2n) is 8.79. The molecule has 7 nitrogen and oxygen atoms in total. The van der Waals surface area contributed by atoms with Gasteiger partial charge in [0, 0.05) is 51.2 Å². The highest BCUT2D eigenvalue weighted by atomic mass is 35.5. The Bertz CT molecular complexity index is 974. The van der Waals surface area contributed by atoms with Gasteiger partial charge in [-0.05, 0) is 62.6 Å². The molecule has 1 heterocycles. The highest BCUT2D eigenvalue weighted by Crippen LogP contribution is 2.27. The number of anilines is 2. The summed E-state index contributed by atoms with van der Waals surface area (Å²) in [5.74, 6) is -0.142. The summed E-state index contributed by atoms with van der Waals surface area (Å²) >= 11 is 6.35. The molecule has 2 aromatic carbocycles. The molecule has 1 saturated heterocycles. The van der Waals surface area contributed by atoms with Crippen molar-refractivity contribution in [3.8, 4) is 0 Å². The van der Waals surface area contributed by atoms with Crippen molar-refractivity contribution in [2.24, 2.45) is 0 Å². The first-order valence-electron chi connectivity index (χ1n) is 11.3. The maximum Gasteiger partial charge on any atom is 0.319 e. The Labute approximate surface area is 201 Å². The second kappa shape index (κ2) is 11.4. The average molecular weight is 473 g/mol. The molecule has 178 valence electrons. The van der Waals surface area contributed by atoms with Crippen LogP contribution in [0.5, 0.6) is 0 Å². The quantitative estimate of drug-likeness (QED) is 0.581. The predicted octanol–water partition coefficient (Wildman–Crippen LogP) is 4.76. The van der Waals surface area contributed by atoms with E-state index >= 15 is 0 Å². The minimum Gasteiger partial charge on any atom is -0.377 e. The van der Waals surface area contributed by atoms with Crippen molar-refractivity contribution < 1.29 is 14.3 Å². The van der Waals surface area contributed by atoms with E-state index < -0.39 is 0 Å². The maximum absolute atomic E-state index is 13.5. The van der Waals surface area contributed by atoms with Crippen molar-refractivity contribution in [1.82, 2.24) is 10.2 Å². The number of rotatable bonds is 8. The third-order valence-electron chi connectivity index (χ3n) is 5.44. The third kappa shape index (κ3) is 6.85. The van der Waals surface area contributed by atoms with Crippen LogP contribution >= 0.6 is 11.6 Å². The van der Waals surface area contributed by atoms with Gasteiger partial charge in [-0.3, -0.25) is 4.79 Å². The summed E-state index contributed by atoms with van der Waals surface area (Å²) in [5, 5.41) is 6.13. The maximum atomic E-state index is 13.5. The summed E-state index contributed by atoms with van der Waals surface area (Å²) in [4.78, 5) is 29.5. The summed E-state index contributed by atoms with van der Waals surface area (Å²) in [6.45, 7) is 5.36. The fraction of sp³-hybridized carbons (Fsp3) is 0.440. The average Bonchev–Trinajstić information content (AvgIpc) is 3.25. The van der Waals surface area contributed by atoms with Crippen molar-refractivity contribution in [2.45, 2.75) is 45.4 Å². The number of carbonyl (C=O) groups is 2. The van der Waals surface area contributed by atoms with E-state index in [9.17, 15) is 9.59 Å². The smallest absolute Gasteiger partial charge is 0.319 e. The number of nitrogens with one attached hydrogen (secondary N) is 2. The molecule has 1 fully saturated rings. The summed E-state index contributed by atoms with van der Waals surface area (Å²) in [6, 6.07) is 12.6. The van der Waals surface area contributed by atoms with E-state index in [1.54, 1.807) is 17.0 Å². The zero-order chi connectivity index (χ0) is 24.0. The Morgan fingerprint density at radius 2 is 1.94 bits per heavy atom. The van der Waals surface area contributed by atoms with Gasteiger partial charge < -0.3 is 25.2 Å². The molecular formula is C25H33ClN4O3. The van der Waals surface area contributed by atoms with Gasteiger partial charge in [-0.15, -0.1) is 0 Å². The molecule has 1 aliphatic rings. The van der Waals surface area contributed by atoms with E-state index in [0.717, 1.165) is 24.1 Å². The van der Waals surface area contributed by atoms with Crippen molar-refractivity contribution in [2.75, 3.05) is 37.5 Å². The first kappa shape index (κ1) is 24.9.